The topological polar surface area (TPSA) is 53.8 Å². The second-order valence-electron chi connectivity index (χ2n) is 8.31. The number of piperidine rings is 1. The number of rotatable bonds is 3. The molecule has 138 valence electrons. The molecule has 5 heteroatoms. The van der Waals surface area contributed by atoms with Crippen molar-refractivity contribution in [1.29, 1.82) is 0 Å². The number of amides is 2. The molecule has 2 fully saturated rings. The highest BCUT2D eigenvalue weighted by molar-refractivity contribution is 5.97. The number of carbonyl (C=O) groups is 2. The van der Waals surface area contributed by atoms with E-state index in [1.807, 2.05) is 34.1 Å². The Hall–Kier alpha value is -2.30. The molecule has 1 aromatic heterocycles. The molecule has 2 aliphatic rings. The highest BCUT2D eigenvalue weighted by Gasteiger charge is 2.45. The van der Waals surface area contributed by atoms with Crippen LogP contribution in [0.5, 0.6) is 0 Å². The Balaban J connectivity index is 1.41. The van der Waals surface area contributed by atoms with Gasteiger partial charge in [-0.05, 0) is 43.0 Å². The maximum atomic E-state index is 12.9. The smallest absolute Gasteiger partial charge is 0.253 e. The van der Waals surface area contributed by atoms with Gasteiger partial charge in [0.15, 0.2) is 0 Å². The fraction of sp³-hybridized carbons (Fsp3) is 0.524. The van der Waals surface area contributed by atoms with Gasteiger partial charge in [0.25, 0.3) is 5.91 Å². The number of likely N-dealkylation sites (tertiary alicyclic amines) is 2. The van der Waals surface area contributed by atoms with E-state index in [0.29, 0.717) is 17.9 Å². The molecule has 0 aliphatic carbocycles. The first-order valence-corrected chi connectivity index (χ1v) is 9.50. The van der Waals surface area contributed by atoms with Crippen LogP contribution in [0.15, 0.2) is 34.9 Å². The van der Waals surface area contributed by atoms with E-state index in [-0.39, 0.29) is 17.2 Å². The fourth-order valence-electron chi connectivity index (χ4n) is 4.39. The van der Waals surface area contributed by atoms with Gasteiger partial charge >= 0.3 is 0 Å². The van der Waals surface area contributed by atoms with Gasteiger partial charge in [-0.15, -0.1) is 0 Å². The highest BCUT2D eigenvalue weighted by atomic mass is 16.3. The molecule has 1 aromatic carbocycles. The maximum Gasteiger partial charge on any atom is 0.253 e. The molecule has 3 heterocycles. The van der Waals surface area contributed by atoms with E-state index < -0.39 is 0 Å². The molecule has 26 heavy (non-hydrogen) atoms. The molecule has 2 aromatic rings. The summed E-state index contributed by atoms with van der Waals surface area (Å²) in [5.74, 6) is 0.851. The summed E-state index contributed by atoms with van der Waals surface area (Å²) < 4.78 is 5.35. The van der Waals surface area contributed by atoms with Crippen LogP contribution in [0.1, 0.15) is 43.5 Å². The highest BCUT2D eigenvalue weighted by Crippen LogP contribution is 2.41. The van der Waals surface area contributed by atoms with Crippen LogP contribution in [0, 0.1) is 11.3 Å². The average Bonchev–Trinajstić information content (AvgIpc) is 3.19. The zero-order valence-electron chi connectivity index (χ0n) is 15.5. The van der Waals surface area contributed by atoms with Gasteiger partial charge in [-0.3, -0.25) is 9.59 Å². The second kappa shape index (κ2) is 6.45. The SMILES string of the molecule is CC(C)CN1CC2(CCN(C(=O)c3ccc4occc4c3)CC2)CC1=O. The average molecular weight is 354 g/mol. The van der Waals surface area contributed by atoms with E-state index in [1.54, 1.807) is 6.26 Å². The van der Waals surface area contributed by atoms with Crippen LogP contribution in [0.2, 0.25) is 0 Å². The van der Waals surface area contributed by atoms with Crippen molar-refractivity contribution in [3.8, 4) is 0 Å². The molecule has 1 spiro atoms. The summed E-state index contributed by atoms with van der Waals surface area (Å²) in [5, 5.41) is 0.954. The lowest BCUT2D eigenvalue weighted by molar-refractivity contribution is -0.128. The molecule has 0 atom stereocenters. The summed E-state index contributed by atoms with van der Waals surface area (Å²) in [6, 6.07) is 7.47. The minimum atomic E-state index is 0.0667. The largest absolute Gasteiger partial charge is 0.464 e. The van der Waals surface area contributed by atoms with Gasteiger partial charge < -0.3 is 14.2 Å². The summed E-state index contributed by atoms with van der Waals surface area (Å²) in [4.78, 5) is 29.2. The summed E-state index contributed by atoms with van der Waals surface area (Å²) in [6.07, 6.45) is 4.10. The lowest BCUT2D eigenvalue weighted by Crippen LogP contribution is -2.44. The van der Waals surface area contributed by atoms with Crippen LogP contribution < -0.4 is 0 Å². The van der Waals surface area contributed by atoms with Crippen molar-refractivity contribution in [2.75, 3.05) is 26.2 Å². The van der Waals surface area contributed by atoms with E-state index in [1.165, 1.54) is 0 Å². The molecule has 4 rings (SSSR count). The van der Waals surface area contributed by atoms with Crippen LogP contribution in [0.3, 0.4) is 0 Å². The van der Waals surface area contributed by atoms with Gasteiger partial charge in [-0.1, -0.05) is 13.8 Å². The molecular formula is C21H26N2O3. The Morgan fingerprint density at radius 2 is 2.00 bits per heavy atom. The van der Waals surface area contributed by atoms with Crippen LogP contribution in [0.4, 0.5) is 0 Å². The number of hydrogen-bond donors (Lipinski definition) is 0. The Bertz CT molecular complexity index is 831. The number of hydrogen-bond acceptors (Lipinski definition) is 3. The van der Waals surface area contributed by atoms with E-state index in [2.05, 4.69) is 13.8 Å². The molecule has 0 bridgehead atoms. The van der Waals surface area contributed by atoms with Gasteiger partial charge in [0.05, 0.1) is 6.26 Å². The summed E-state index contributed by atoms with van der Waals surface area (Å²) in [6.45, 7) is 7.45. The van der Waals surface area contributed by atoms with Crippen LogP contribution in [0.25, 0.3) is 11.0 Å². The summed E-state index contributed by atoms with van der Waals surface area (Å²) >= 11 is 0. The zero-order valence-corrected chi connectivity index (χ0v) is 15.5. The summed E-state index contributed by atoms with van der Waals surface area (Å²) in [5.41, 5.74) is 1.57. The van der Waals surface area contributed by atoms with Crippen molar-refractivity contribution in [1.82, 2.24) is 9.80 Å². The molecular weight excluding hydrogens is 328 g/mol. The first-order chi connectivity index (χ1) is 12.5. The monoisotopic (exact) mass is 354 g/mol. The standard InChI is InChI=1S/C21H26N2O3/c1-15(2)13-23-14-21(12-19(23)24)6-8-22(9-7-21)20(25)17-3-4-18-16(11-17)5-10-26-18/h3-5,10-11,15H,6-9,12-14H2,1-2H3. The zero-order chi connectivity index (χ0) is 18.3. The Labute approximate surface area is 153 Å². The van der Waals surface area contributed by atoms with Crippen molar-refractivity contribution >= 4 is 22.8 Å². The molecule has 2 aliphatic heterocycles. The number of carbonyl (C=O) groups excluding carboxylic acids is 2. The van der Waals surface area contributed by atoms with Crippen molar-refractivity contribution in [3.63, 3.8) is 0 Å². The quantitative estimate of drug-likeness (QED) is 0.847. The van der Waals surface area contributed by atoms with Crippen molar-refractivity contribution < 1.29 is 14.0 Å². The third-order valence-corrected chi connectivity index (χ3v) is 5.80. The fourth-order valence-corrected chi connectivity index (χ4v) is 4.39. The van der Waals surface area contributed by atoms with Crippen LogP contribution in [-0.2, 0) is 4.79 Å². The van der Waals surface area contributed by atoms with Crippen LogP contribution >= 0.6 is 0 Å². The molecule has 0 radical (unpaired) electrons. The molecule has 2 amide bonds. The van der Waals surface area contributed by atoms with E-state index >= 15 is 0 Å². The predicted molar refractivity (Wildman–Crippen MR) is 99.8 cm³/mol. The van der Waals surface area contributed by atoms with Crippen molar-refractivity contribution in [2.45, 2.75) is 33.1 Å². The predicted octanol–water partition coefficient (Wildman–Crippen LogP) is 3.54. The third-order valence-electron chi connectivity index (χ3n) is 5.80. The van der Waals surface area contributed by atoms with Gasteiger partial charge in [-0.25, -0.2) is 0 Å². The van der Waals surface area contributed by atoms with E-state index in [4.69, 9.17) is 4.42 Å². The minimum Gasteiger partial charge on any atom is -0.464 e. The van der Waals surface area contributed by atoms with Gasteiger partial charge in [0.2, 0.25) is 5.91 Å². The Morgan fingerprint density at radius 3 is 2.73 bits per heavy atom. The maximum absolute atomic E-state index is 12.9. The first-order valence-electron chi connectivity index (χ1n) is 9.50. The first kappa shape index (κ1) is 17.1. The Morgan fingerprint density at radius 1 is 1.23 bits per heavy atom. The Kier molecular flexibility index (Phi) is 4.25. The lowest BCUT2D eigenvalue weighted by Gasteiger charge is -2.39. The minimum absolute atomic E-state index is 0.0667. The number of fused-ring (bicyclic) bond motifs is 1. The molecule has 2 saturated heterocycles. The van der Waals surface area contributed by atoms with Crippen molar-refractivity contribution in [2.24, 2.45) is 11.3 Å². The van der Waals surface area contributed by atoms with Crippen molar-refractivity contribution in [3.05, 3.63) is 36.1 Å². The lowest BCUT2D eigenvalue weighted by atomic mass is 9.77. The third kappa shape index (κ3) is 3.11. The van der Waals surface area contributed by atoms with Gasteiger partial charge in [0.1, 0.15) is 5.58 Å². The number of benzene rings is 1. The van der Waals surface area contributed by atoms with E-state index in [9.17, 15) is 9.59 Å². The van der Waals surface area contributed by atoms with Crippen LogP contribution in [-0.4, -0.2) is 47.8 Å². The molecule has 0 saturated carbocycles. The van der Waals surface area contributed by atoms with Gasteiger partial charge in [-0.2, -0.15) is 0 Å². The second-order valence-corrected chi connectivity index (χ2v) is 8.31. The molecule has 5 nitrogen and oxygen atoms in total. The van der Waals surface area contributed by atoms with E-state index in [0.717, 1.165) is 50.0 Å². The normalized spacial score (nSPS) is 19.9. The molecule has 0 N–H and O–H groups in total. The number of nitrogens with zero attached hydrogens (tertiary/aromatic N) is 2. The number of furan rings is 1. The van der Waals surface area contributed by atoms with Gasteiger partial charge in [0, 0.05) is 49.0 Å². The molecule has 0 unspecified atom stereocenters. The summed E-state index contributed by atoms with van der Waals surface area (Å²) in [7, 11) is 0.